The van der Waals surface area contributed by atoms with Crippen molar-refractivity contribution in [1.82, 2.24) is 20.2 Å². The Morgan fingerprint density at radius 3 is 2.90 bits per heavy atom. The smallest absolute Gasteiger partial charge is 0.132 e. The largest absolute Gasteiger partial charge is 0.352 e. The third-order valence-corrected chi connectivity index (χ3v) is 3.85. The van der Waals surface area contributed by atoms with Gasteiger partial charge in [-0.25, -0.2) is 9.97 Å². The average Bonchev–Trinajstić information content (AvgIpc) is 3.03. The van der Waals surface area contributed by atoms with Crippen LogP contribution in [0.3, 0.4) is 0 Å². The molecule has 5 heteroatoms. The Labute approximate surface area is 122 Å². The number of hydrogen-bond acceptors (Lipinski definition) is 4. The first-order valence-corrected chi connectivity index (χ1v) is 7.04. The third kappa shape index (κ3) is 2.27. The lowest BCUT2D eigenvalue weighted by Crippen LogP contribution is -2.30. The molecular weight excluding hydrogens is 262 g/mol. The summed E-state index contributed by atoms with van der Waals surface area (Å²) in [7, 11) is 0. The summed E-state index contributed by atoms with van der Waals surface area (Å²) in [5.41, 5.74) is 4.56. The molecular formula is C16H15N5. The molecule has 4 rings (SSSR count). The number of aromatic amines is 1. The number of nitrogens with one attached hydrogen (secondary N) is 1. The molecule has 0 spiro atoms. The lowest BCUT2D eigenvalue weighted by atomic mass is 10.1. The molecule has 0 aliphatic carbocycles. The number of H-pyrrole nitrogens is 1. The van der Waals surface area contributed by atoms with Crippen LogP contribution in [0.2, 0.25) is 0 Å². The van der Waals surface area contributed by atoms with Crippen LogP contribution in [0.1, 0.15) is 11.3 Å². The predicted molar refractivity (Wildman–Crippen MR) is 80.8 cm³/mol. The fourth-order valence-corrected chi connectivity index (χ4v) is 2.70. The van der Waals surface area contributed by atoms with Crippen LogP contribution in [0.5, 0.6) is 0 Å². The van der Waals surface area contributed by atoms with Crippen molar-refractivity contribution in [3.63, 3.8) is 0 Å². The van der Waals surface area contributed by atoms with E-state index in [-0.39, 0.29) is 0 Å². The molecule has 0 radical (unpaired) electrons. The molecule has 1 aliphatic rings. The van der Waals surface area contributed by atoms with Crippen molar-refractivity contribution in [1.29, 1.82) is 0 Å². The molecule has 0 saturated heterocycles. The second kappa shape index (κ2) is 5.01. The number of fused-ring (bicyclic) bond motifs is 1. The highest BCUT2D eigenvalue weighted by Gasteiger charge is 2.19. The summed E-state index contributed by atoms with van der Waals surface area (Å²) >= 11 is 0. The lowest BCUT2D eigenvalue weighted by molar-refractivity contribution is 0.709. The Bertz CT molecular complexity index is 750. The first kappa shape index (κ1) is 12.1. The highest BCUT2D eigenvalue weighted by molar-refractivity contribution is 5.62. The number of aromatic nitrogens is 4. The number of benzene rings is 1. The average molecular weight is 277 g/mol. The van der Waals surface area contributed by atoms with Crippen molar-refractivity contribution < 1.29 is 0 Å². The minimum atomic E-state index is 0.844. The zero-order chi connectivity index (χ0) is 14.1. The van der Waals surface area contributed by atoms with Crippen LogP contribution in [0, 0.1) is 0 Å². The molecule has 0 fully saturated rings. The minimum Gasteiger partial charge on any atom is -0.352 e. The van der Waals surface area contributed by atoms with E-state index in [4.69, 9.17) is 0 Å². The van der Waals surface area contributed by atoms with Gasteiger partial charge in [0.1, 0.15) is 12.1 Å². The van der Waals surface area contributed by atoms with Gasteiger partial charge in [-0.2, -0.15) is 5.10 Å². The van der Waals surface area contributed by atoms with Crippen LogP contribution in [-0.2, 0) is 13.0 Å². The minimum absolute atomic E-state index is 0.844. The molecule has 3 heterocycles. The topological polar surface area (TPSA) is 57.7 Å². The second-order valence-corrected chi connectivity index (χ2v) is 5.17. The maximum absolute atomic E-state index is 4.43. The second-order valence-electron chi connectivity index (χ2n) is 5.17. The van der Waals surface area contributed by atoms with Crippen molar-refractivity contribution in [2.75, 3.05) is 11.4 Å². The molecule has 3 aromatic rings. The van der Waals surface area contributed by atoms with Gasteiger partial charge in [0.15, 0.2) is 0 Å². The molecule has 104 valence electrons. The summed E-state index contributed by atoms with van der Waals surface area (Å²) < 4.78 is 0. The van der Waals surface area contributed by atoms with Crippen LogP contribution in [0.25, 0.3) is 11.3 Å². The summed E-state index contributed by atoms with van der Waals surface area (Å²) in [5.74, 6) is 0.968. The van der Waals surface area contributed by atoms with E-state index in [1.807, 2.05) is 24.4 Å². The molecule has 0 unspecified atom stereocenters. The van der Waals surface area contributed by atoms with Gasteiger partial charge in [-0.15, -0.1) is 0 Å². The van der Waals surface area contributed by atoms with E-state index in [1.54, 1.807) is 6.33 Å². The van der Waals surface area contributed by atoms with Crippen molar-refractivity contribution in [3.8, 4) is 11.3 Å². The Kier molecular flexibility index (Phi) is 2.88. The van der Waals surface area contributed by atoms with Crippen LogP contribution in [0.4, 0.5) is 5.82 Å². The van der Waals surface area contributed by atoms with E-state index < -0.39 is 0 Å². The molecule has 0 atom stereocenters. The van der Waals surface area contributed by atoms with E-state index in [9.17, 15) is 0 Å². The third-order valence-electron chi connectivity index (χ3n) is 3.85. The maximum Gasteiger partial charge on any atom is 0.132 e. The maximum atomic E-state index is 4.43. The van der Waals surface area contributed by atoms with Crippen molar-refractivity contribution in [3.05, 3.63) is 60.2 Å². The van der Waals surface area contributed by atoms with Gasteiger partial charge in [0.25, 0.3) is 0 Å². The molecule has 0 bridgehead atoms. The van der Waals surface area contributed by atoms with Gasteiger partial charge in [-0.05, 0) is 0 Å². The van der Waals surface area contributed by atoms with Gasteiger partial charge < -0.3 is 4.90 Å². The van der Waals surface area contributed by atoms with Crippen LogP contribution in [-0.4, -0.2) is 26.7 Å². The molecule has 2 aromatic heterocycles. The normalized spacial score (nSPS) is 14.0. The first-order chi connectivity index (χ1) is 10.4. The zero-order valence-electron chi connectivity index (χ0n) is 11.5. The van der Waals surface area contributed by atoms with Crippen molar-refractivity contribution >= 4 is 5.82 Å². The predicted octanol–water partition coefficient (Wildman–Crippen LogP) is 2.43. The highest BCUT2D eigenvalue weighted by Crippen LogP contribution is 2.24. The zero-order valence-corrected chi connectivity index (χ0v) is 11.5. The van der Waals surface area contributed by atoms with Crippen LogP contribution >= 0.6 is 0 Å². The summed E-state index contributed by atoms with van der Waals surface area (Å²) in [5, 5.41) is 7.17. The Balaban J connectivity index is 1.65. The van der Waals surface area contributed by atoms with Crippen LogP contribution in [0.15, 0.2) is 48.9 Å². The first-order valence-electron chi connectivity index (χ1n) is 7.04. The van der Waals surface area contributed by atoms with Crippen molar-refractivity contribution in [2.45, 2.75) is 13.0 Å². The van der Waals surface area contributed by atoms with Crippen LogP contribution < -0.4 is 4.90 Å². The Hall–Kier alpha value is -2.69. The number of anilines is 1. The van der Waals surface area contributed by atoms with E-state index in [2.05, 4.69) is 43.3 Å². The SMILES string of the molecule is c1ccc(-c2cc(N3CCc4[nH]ncc4C3)ncn2)cc1. The summed E-state index contributed by atoms with van der Waals surface area (Å²) in [4.78, 5) is 11.1. The molecule has 1 N–H and O–H groups in total. The van der Waals surface area contributed by atoms with Gasteiger partial charge in [0, 0.05) is 42.4 Å². The standard InChI is InChI=1S/C16H15N5/c1-2-4-12(5-3-1)15-8-16(18-11-17-15)21-7-6-14-13(10-21)9-19-20-14/h1-5,8-9,11H,6-7,10H2,(H,19,20). The monoisotopic (exact) mass is 277 g/mol. The van der Waals surface area contributed by atoms with Gasteiger partial charge in [0.2, 0.25) is 0 Å². The lowest BCUT2D eigenvalue weighted by Gasteiger charge is -2.27. The Morgan fingerprint density at radius 1 is 1.10 bits per heavy atom. The fraction of sp³-hybridized carbons (Fsp3) is 0.188. The quantitative estimate of drug-likeness (QED) is 0.781. The summed E-state index contributed by atoms with van der Waals surface area (Å²) in [6.07, 6.45) is 4.52. The number of hydrogen-bond donors (Lipinski definition) is 1. The molecule has 5 nitrogen and oxygen atoms in total. The number of nitrogens with zero attached hydrogens (tertiary/aromatic N) is 4. The summed E-state index contributed by atoms with van der Waals surface area (Å²) in [6.45, 7) is 1.79. The van der Waals surface area contributed by atoms with Gasteiger partial charge in [-0.3, -0.25) is 5.10 Å². The van der Waals surface area contributed by atoms with E-state index in [1.165, 1.54) is 11.3 Å². The molecule has 0 amide bonds. The van der Waals surface area contributed by atoms with Gasteiger partial charge in [0.05, 0.1) is 11.9 Å². The van der Waals surface area contributed by atoms with Gasteiger partial charge in [-0.1, -0.05) is 30.3 Å². The van der Waals surface area contributed by atoms with E-state index in [0.717, 1.165) is 36.6 Å². The highest BCUT2D eigenvalue weighted by atomic mass is 15.2. The molecule has 1 aliphatic heterocycles. The number of rotatable bonds is 2. The fourth-order valence-electron chi connectivity index (χ4n) is 2.70. The molecule has 1 aromatic carbocycles. The molecule has 0 saturated carbocycles. The van der Waals surface area contributed by atoms with E-state index in [0.29, 0.717) is 0 Å². The van der Waals surface area contributed by atoms with E-state index >= 15 is 0 Å². The molecule has 21 heavy (non-hydrogen) atoms. The summed E-state index contributed by atoms with van der Waals surface area (Å²) in [6, 6.07) is 12.2. The Morgan fingerprint density at radius 2 is 2.00 bits per heavy atom. The van der Waals surface area contributed by atoms with Gasteiger partial charge >= 0.3 is 0 Å². The van der Waals surface area contributed by atoms with Crippen molar-refractivity contribution in [2.24, 2.45) is 0 Å².